The monoisotopic (exact) mass is 311 g/mol. The molecular formula is C14H18BrNO2. The van der Waals surface area contributed by atoms with Crippen molar-refractivity contribution in [3.05, 3.63) is 39.9 Å². The maximum Gasteiger partial charge on any atom is 0.0702 e. The average Bonchev–Trinajstić information content (AvgIpc) is 2.40. The predicted molar refractivity (Wildman–Crippen MR) is 76.9 cm³/mol. The third kappa shape index (κ3) is 3.13. The van der Waals surface area contributed by atoms with Crippen LogP contribution in [0.2, 0.25) is 0 Å². The van der Waals surface area contributed by atoms with Gasteiger partial charge in [-0.2, -0.15) is 0 Å². The van der Waals surface area contributed by atoms with E-state index in [1.165, 1.54) is 5.57 Å². The third-order valence-corrected chi connectivity index (χ3v) is 3.68. The molecule has 18 heavy (non-hydrogen) atoms. The van der Waals surface area contributed by atoms with Gasteiger partial charge in [-0.3, -0.25) is 0 Å². The number of rotatable bonds is 4. The van der Waals surface area contributed by atoms with Crippen LogP contribution in [0.3, 0.4) is 0 Å². The Morgan fingerprint density at radius 1 is 1.44 bits per heavy atom. The molecule has 0 saturated carbocycles. The van der Waals surface area contributed by atoms with Gasteiger partial charge in [-0.05, 0) is 24.1 Å². The lowest BCUT2D eigenvalue weighted by Crippen LogP contribution is -2.30. The second-order valence-corrected chi connectivity index (χ2v) is 5.34. The van der Waals surface area contributed by atoms with Crippen LogP contribution in [-0.2, 0) is 11.3 Å². The summed E-state index contributed by atoms with van der Waals surface area (Å²) in [6.45, 7) is 2.65. The summed E-state index contributed by atoms with van der Waals surface area (Å²) >= 11 is 3.49. The van der Waals surface area contributed by atoms with Crippen molar-refractivity contribution in [2.75, 3.05) is 31.7 Å². The molecule has 3 nitrogen and oxygen atoms in total. The van der Waals surface area contributed by atoms with Gasteiger partial charge in [-0.1, -0.05) is 28.1 Å². The molecule has 0 radical (unpaired) electrons. The Hall–Kier alpha value is -0.840. The van der Waals surface area contributed by atoms with Crippen LogP contribution >= 0.6 is 15.9 Å². The van der Waals surface area contributed by atoms with Crippen LogP contribution in [0.15, 0.2) is 34.3 Å². The molecule has 0 fully saturated rings. The lowest BCUT2D eigenvalue weighted by Gasteiger charge is -2.30. The van der Waals surface area contributed by atoms with Gasteiger partial charge in [0.1, 0.15) is 0 Å². The normalized spacial score (nSPS) is 15.7. The Balaban J connectivity index is 2.16. The molecule has 1 heterocycles. The number of hydrogen-bond acceptors (Lipinski definition) is 3. The number of aliphatic hydroxyl groups excluding tert-OH is 1. The summed E-state index contributed by atoms with van der Waals surface area (Å²) in [4.78, 5) is 2.29. The number of halogens is 1. The van der Waals surface area contributed by atoms with Gasteiger partial charge in [0.2, 0.25) is 0 Å². The Kier molecular flexibility index (Phi) is 4.80. The highest BCUT2D eigenvalue weighted by Gasteiger charge is 2.15. The Labute approximate surface area is 116 Å². The van der Waals surface area contributed by atoms with Gasteiger partial charge >= 0.3 is 0 Å². The summed E-state index contributed by atoms with van der Waals surface area (Å²) in [6.07, 6.45) is 3.24. The summed E-state index contributed by atoms with van der Waals surface area (Å²) in [5.41, 5.74) is 3.44. The molecule has 1 aliphatic heterocycles. The van der Waals surface area contributed by atoms with E-state index >= 15 is 0 Å². The van der Waals surface area contributed by atoms with Gasteiger partial charge < -0.3 is 14.7 Å². The van der Waals surface area contributed by atoms with E-state index in [1.54, 1.807) is 7.11 Å². The fourth-order valence-electron chi connectivity index (χ4n) is 2.21. The maximum atomic E-state index is 9.40. The Morgan fingerprint density at radius 2 is 2.28 bits per heavy atom. The molecule has 0 unspecified atom stereocenters. The molecule has 0 saturated heterocycles. The van der Waals surface area contributed by atoms with Crippen LogP contribution in [0.1, 0.15) is 12.0 Å². The first-order valence-electron chi connectivity index (χ1n) is 6.05. The molecule has 1 aromatic carbocycles. The number of methoxy groups -OCH3 is 1. The van der Waals surface area contributed by atoms with Crippen molar-refractivity contribution in [3.8, 4) is 0 Å². The molecule has 0 amide bonds. The molecule has 98 valence electrons. The average molecular weight is 312 g/mol. The van der Waals surface area contributed by atoms with E-state index in [-0.39, 0.29) is 6.61 Å². The van der Waals surface area contributed by atoms with Crippen molar-refractivity contribution in [2.45, 2.75) is 13.0 Å². The summed E-state index contributed by atoms with van der Waals surface area (Å²) in [6, 6.07) is 6.00. The first-order chi connectivity index (χ1) is 8.74. The van der Waals surface area contributed by atoms with E-state index < -0.39 is 0 Å². The molecule has 2 rings (SSSR count). The molecule has 0 bridgehead atoms. The molecule has 0 atom stereocenters. The predicted octanol–water partition coefficient (Wildman–Crippen LogP) is 2.72. The van der Waals surface area contributed by atoms with Crippen molar-refractivity contribution in [1.29, 1.82) is 0 Å². The van der Waals surface area contributed by atoms with E-state index in [0.29, 0.717) is 0 Å². The first-order valence-corrected chi connectivity index (χ1v) is 6.85. The number of anilines is 1. The SMILES string of the molecule is COCC1=CCN(c2cc(Br)ccc2CO)CC1. The van der Waals surface area contributed by atoms with Crippen molar-refractivity contribution in [2.24, 2.45) is 0 Å². The summed E-state index contributed by atoms with van der Waals surface area (Å²) in [5.74, 6) is 0. The second kappa shape index (κ2) is 6.36. The summed E-state index contributed by atoms with van der Waals surface area (Å²) in [5, 5.41) is 9.40. The molecule has 1 N–H and O–H groups in total. The van der Waals surface area contributed by atoms with E-state index in [2.05, 4.69) is 33.0 Å². The summed E-state index contributed by atoms with van der Waals surface area (Å²) < 4.78 is 6.19. The van der Waals surface area contributed by atoms with E-state index in [1.807, 2.05) is 12.1 Å². The minimum atomic E-state index is 0.0771. The number of benzene rings is 1. The second-order valence-electron chi connectivity index (χ2n) is 4.42. The van der Waals surface area contributed by atoms with Crippen LogP contribution in [0.4, 0.5) is 5.69 Å². The molecule has 0 aromatic heterocycles. The van der Waals surface area contributed by atoms with Crippen LogP contribution in [-0.4, -0.2) is 31.9 Å². The van der Waals surface area contributed by atoms with Crippen LogP contribution in [0.5, 0.6) is 0 Å². The van der Waals surface area contributed by atoms with E-state index in [9.17, 15) is 5.11 Å². The number of ether oxygens (including phenoxy) is 1. The van der Waals surface area contributed by atoms with Crippen molar-refractivity contribution >= 4 is 21.6 Å². The molecule has 0 aliphatic carbocycles. The first kappa shape index (κ1) is 13.6. The molecule has 1 aromatic rings. The van der Waals surface area contributed by atoms with Crippen LogP contribution in [0.25, 0.3) is 0 Å². The zero-order chi connectivity index (χ0) is 13.0. The Bertz CT molecular complexity index is 445. The molecule has 1 aliphatic rings. The topological polar surface area (TPSA) is 32.7 Å². The van der Waals surface area contributed by atoms with Gasteiger partial charge in [0.25, 0.3) is 0 Å². The van der Waals surface area contributed by atoms with Gasteiger partial charge in [0.15, 0.2) is 0 Å². The summed E-state index contributed by atoms with van der Waals surface area (Å²) in [7, 11) is 1.73. The minimum absolute atomic E-state index is 0.0771. The zero-order valence-electron chi connectivity index (χ0n) is 10.5. The zero-order valence-corrected chi connectivity index (χ0v) is 12.1. The fraction of sp³-hybridized carbons (Fsp3) is 0.429. The highest BCUT2D eigenvalue weighted by atomic mass is 79.9. The van der Waals surface area contributed by atoms with Crippen molar-refractivity contribution in [1.82, 2.24) is 0 Å². The van der Waals surface area contributed by atoms with E-state index in [0.717, 1.165) is 41.8 Å². The molecule has 4 heteroatoms. The van der Waals surface area contributed by atoms with Crippen LogP contribution in [0, 0.1) is 0 Å². The van der Waals surface area contributed by atoms with Crippen molar-refractivity contribution < 1.29 is 9.84 Å². The quantitative estimate of drug-likeness (QED) is 0.868. The van der Waals surface area contributed by atoms with Gasteiger partial charge in [-0.15, -0.1) is 0 Å². The number of hydrogen-bond donors (Lipinski definition) is 1. The lowest BCUT2D eigenvalue weighted by atomic mass is 10.1. The molecular weight excluding hydrogens is 294 g/mol. The van der Waals surface area contributed by atoms with Gasteiger partial charge in [-0.25, -0.2) is 0 Å². The molecule has 0 spiro atoms. The van der Waals surface area contributed by atoms with E-state index in [4.69, 9.17) is 4.74 Å². The number of aliphatic hydroxyl groups is 1. The largest absolute Gasteiger partial charge is 0.392 e. The lowest BCUT2D eigenvalue weighted by molar-refractivity contribution is 0.222. The maximum absolute atomic E-state index is 9.40. The number of nitrogens with zero attached hydrogens (tertiary/aromatic N) is 1. The van der Waals surface area contributed by atoms with Crippen molar-refractivity contribution in [3.63, 3.8) is 0 Å². The third-order valence-electron chi connectivity index (χ3n) is 3.19. The highest BCUT2D eigenvalue weighted by Crippen LogP contribution is 2.27. The smallest absolute Gasteiger partial charge is 0.0702 e. The van der Waals surface area contributed by atoms with Gasteiger partial charge in [0.05, 0.1) is 13.2 Å². The minimum Gasteiger partial charge on any atom is -0.392 e. The Morgan fingerprint density at radius 3 is 2.89 bits per heavy atom. The van der Waals surface area contributed by atoms with Gasteiger partial charge in [0, 0.05) is 35.9 Å². The standard InChI is InChI=1S/C14H18BrNO2/c1-18-10-11-4-6-16(7-5-11)14-8-13(15)3-2-12(14)9-17/h2-4,8,17H,5-7,9-10H2,1H3. The van der Waals surface area contributed by atoms with Crippen LogP contribution < -0.4 is 4.90 Å². The highest BCUT2D eigenvalue weighted by molar-refractivity contribution is 9.10. The fourth-order valence-corrected chi connectivity index (χ4v) is 2.56.